The quantitative estimate of drug-likeness (QED) is 0.753. The highest BCUT2D eigenvalue weighted by Gasteiger charge is 2.09. The molecule has 0 atom stereocenters. The minimum absolute atomic E-state index is 0.0634. The number of carboxylic acid groups (broad SMARTS) is 1. The van der Waals surface area contributed by atoms with Crippen molar-refractivity contribution in [2.45, 2.75) is 6.92 Å². The first-order valence-corrected chi connectivity index (χ1v) is 5.92. The second kappa shape index (κ2) is 4.61. The van der Waals surface area contributed by atoms with Gasteiger partial charge in [-0.2, -0.15) is 20.1 Å². The number of aromatic amines is 1. The van der Waals surface area contributed by atoms with E-state index in [-0.39, 0.29) is 5.69 Å². The van der Waals surface area contributed by atoms with Crippen LogP contribution >= 0.6 is 0 Å². The Morgan fingerprint density at radius 2 is 2.05 bits per heavy atom. The van der Waals surface area contributed by atoms with Crippen LogP contribution in [0, 0.1) is 6.92 Å². The first kappa shape index (κ1) is 12.1. The fourth-order valence-corrected chi connectivity index (χ4v) is 1.81. The van der Waals surface area contributed by atoms with Gasteiger partial charge in [-0.25, -0.2) is 4.79 Å². The molecule has 0 saturated heterocycles. The molecular formula is C13H11N5O2. The number of benzene rings is 1. The van der Waals surface area contributed by atoms with Gasteiger partial charge >= 0.3 is 5.97 Å². The lowest BCUT2D eigenvalue weighted by atomic mass is 10.1. The molecule has 0 spiro atoms. The molecule has 2 heterocycles. The van der Waals surface area contributed by atoms with Crippen LogP contribution in [0.4, 0.5) is 0 Å². The number of nitrogens with one attached hydrogen (secondary N) is 1. The van der Waals surface area contributed by atoms with Crippen LogP contribution in [0.5, 0.6) is 0 Å². The molecule has 20 heavy (non-hydrogen) atoms. The van der Waals surface area contributed by atoms with Crippen molar-refractivity contribution in [3.05, 3.63) is 47.9 Å². The van der Waals surface area contributed by atoms with E-state index in [1.165, 1.54) is 10.9 Å². The van der Waals surface area contributed by atoms with Gasteiger partial charge in [-0.3, -0.25) is 5.10 Å². The predicted octanol–water partition coefficient (Wildman–Crippen LogP) is 1.66. The molecule has 2 N–H and O–H groups in total. The number of hydrogen-bond acceptors (Lipinski definition) is 4. The van der Waals surface area contributed by atoms with Gasteiger partial charge in [-0.05, 0) is 25.1 Å². The topological polar surface area (TPSA) is 96.7 Å². The zero-order valence-electron chi connectivity index (χ0n) is 10.6. The predicted molar refractivity (Wildman–Crippen MR) is 70.6 cm³/mol. The molecule has 0 amide bonds. The minimum atomic E-state index is -1.03. The summed E-state index contributed by atoms with van der Waals surface area (Å²) >= 11 is 0. The molecule has 7 nitrogen and oxygen atoms in total. The van der Waals surface area contributed by atoms with Gasteiger partial charge in [0.15, 0.2) is 0 Å². The zero-order chi connectivity index (χ0) is 14.1. The molecule has 0 aliphatic heterocycles. The lowest BCUT2D eigenvalue weighted by Gasteiger charge is -2.00. The molecule has 0 bridgehead atoms. The van der Waals surface area contributed by atoms with Crippen LogP contribution < -0.4 is 0 Å². The summed E-state index contributed by atoms with van der Waals surface area (Å²) < 4.78 is 0. The van der Waals surface area contributed by atoms with Crippen molar-refractivity contribution in [2.24, 2.45) is 0 Å². The highest BCUT2D eigenvalue weighted by Crippen LogP contribution is 2.19. The number of nitrogens with zero attached hydrogens (tertiary/aromatic N) is 4. The SMILES string of the molecule is Cc1cnn(-c2ccc(-c3cc(C(=O)O)[nH]n3)cc2)n1. The molecule has 0 saturated carbocycles. The number of H-pyrrole nitrogens is 1. The summed E-state index contributed by atoms with van der Waals surface area (Å²) in [5.41, 5.74) is 3.14. The number of aryl methyl sites for hydroxylation is 1. The first-order chi connectivity index (χ1) is 9.63. The Balaban J connectivity index is 1.90. The second-order valence-electron chi connectivity index (χ2n) is 4.29. The highest BCUT2D eigenvalue weighted by molar-refractivity contribution is 5.86. The van der Waals surface area contributed by atoms with Crippen molar-refractivity contribution < 1.29 is 9.90 Å². The molecule has 0 aliphatic carbocycles. The normalized spacial score (nSPS) is 10.7. The number of rotatable bonds is 3. The third kappa shape index (κ3) is 2.16. The molecule has 0 aliphatic rings. The molecule has 3 rings (SSSR count). The van der Waals surface area contributed by atoms with E-state index in [1.54, 1.807) is 6.20 Å². The van der Waals surface area contributed by atoms with E-state index in [0.29, 0.717) is 5.69 Å². The van der Waals surface area contributed by atoms with Crippen molar-refractivity contribution in [1.82, 2.24) is 25.2 Å². The van der Waals surface area contributed by atoms with Gasteiger partial charge in [0.05, 0.1) is 23.3 Å². The molecule has 1 aromatic carbocycles. The molecule has 0 radical (unpaired) electrons. The van der Waals surface area contributed by atoms with Crippen LogP contribution in [0.15, 0.2) is 36.5 Å². The standard InChI is InChI=1S/C13H11N5O2/c1-8-7-14-18(17-8)10-4-2-9(3-5-10)11-6-12(13(19)20)16-15-11/h2-7H,1H3,(H,15,16)(H,19,20). The highest BCUT2D eigenvalue weighted by atomic mass is 16.4. The van der Waals surface area contributed by atoms with Crippen LogP contribution in [0.2, 0.25) is 0 Å². The van der Waals surface area contributed by atoms with Crippen LogP contribution in [0.1, 0.15) is 16.2 Å². The summed E-state index contributed by atoms with van der Waals surface area (Å²) in [6.07, 6.45) is 1.68. The molecule has 3 aromatic rings. The summed E-state index contributed by atoms with van der Waals surface area (Å²) in [5.74, 6) is -1.03. The van der Waals surface area contributed by atoms with Crippen LogP contribution in [0.3, 0.4) is 0 Å². The van der Waals surface area contributed by atoms with Gasteiger partial charge in [-0.1, -0.05) is 12.1 Å². The van der Waals surface area contributed by atoms with Gasteiger partial charge in [0, 0.05) is 5.56 Å². The van der Waals surface area contributed by atoms with Crippen LogP contribution in [-0.4, -0.2) is 36.3 Å². The van der Waals surface area contributed by atoms with E-state index >= 15 is 0 Å². The lowest BCUT2D eigenvalue weighted by Crippen LogP contribution is -1.98. The zero-order valence-corrected chi connectivity index (χ0v) is 10.6. The van der Waals surface area contributed by atoms with E-state index in [4.69, 9.17) is 5.11 Å². The van der Waals surface area contributed by atoms with E-state index in [0.717, 1.165) is 16.9 Å². The fraction of sp³-hybridized carbons (Fsp3) is 0.0769. The van der Waals surface area contributed by atoms with Gasteiger partial charge < -0.3 is 5.11 Å². The average Bonchev–Trinajstić information content (AvgIpc) is 3.08. The number of carboxylic acids is 1. The van der Waals surface area contributed by atoms with E-state index in [2.05, 4.69) is 20.4 Å². The monoisotopic (exact) mass is 269 g/mol. The van der Waals surface area contributed by atoms with E-state index in [1.807, 2.05) is 31.2 Å². The average molecular weight is 269 g/mol. The summed E-state index contributed by atoms with van der Waals surface area (Å²) in [6.45, 7) is 1.87. The Morgan fingerprint density at radius 1 is 1.30 bits per heavy atom. The van der Waals surface area contributed by atoms with Crippen molar-refractivity contribution >= 4 is 5.97 Å². The van der Waals surface area contributed by atoms with Crippen LogP contribution in [0.25, 0.3) is 16.9 Å². The second-order valence-corrected chi connectivity index (χ2v) is 4.29. The number of aromatic carboxylic acids is 1. The summed E-state index contributed by atoms with van der Waals surface area (Å²) in [6, 6.07) is 8.88. The fourth-order valence-electron chi connectivity index (χ4n) is 1.81. The summed E-state index contributed by atoms with van der Waals surface area (Å²) in [5, 5.41) is 23.6. The van der Waals surface area contributed by atoms with Crippen molar-refractivity contribution in [3.8, 4) is 16.9 Å². The lowest BCUT2D eigenvalue weighted by molar-refractivity contribution is 0.0690. The Kier molecular flexibility index (Phi) is 2.79. The third-order valence-electron chi connectivity index (χ3n) is 2.81. The van der Waals surface area contributed by atoms with E-state index in [9.17, 15) is 4.79 Å². The number of hydrogen-bond donors (Lipinski definition) is 2. The Morgan fingerprint density at radius 3 is 2.60 bits per heavy atom. The Hall–Kier alpha value is -2.96. The van der Waals surface area contributed by atoms with Crippen molar-refractivity contribution in [3.63, 3.8) is 0 Å². The van der Waals surface area contributed by atoms with Gasteiger partial charge in [0.25, 0.3) is 0 Å². The van der Waals surface area contributed by atoms with Gasteiger partial charge in [0.2, 0.25) is 0 Å². The molecule has 0 unspecified atom stereocenters. The molecule has 100 valence electrons. The summed E-state index contributed by atoms with van der Waals surface area (Å²) in [4.78, 5) is 12.3. The maximum Gasteiger partial charge on any atom is 0.353 e. The number of carbonyl (C=O) groups is 1. The molecule has 2 aromatic heterocycles. The van der Waals surface area contributed by atoms with Crippen molar-refractivity contribution in [2.75, 3.05) is 0 Å². The first-order valence-electron chi connectivity index (χ1n) is 5.92. The Bertz CT molecular complexity index is 757. The minimum Gasteiger partial charge on any atom is -0.477 e. The van der Waals surface area contributed by atoms with Gasteiger partial charge in [0.1, 0.15) is 5.69 Å². The van der Waals surface area contributed by atoms with Crippen LogP contribution in [-0.2, 0) is 0 Å². The summed E-state index contributed by atoms with van der Waals surface area (Å²) in [7, 11) is 0. The molecule has 0 fully saturated rings. The van der Waals surface area contributed by atoms with E-state index < -0.39 is 5.97 Å². The Labute approximate surface area is 113 Å². The number of aromatic nitrogens is 5. The third-order valence-corrected chi connectivity index (χ3v) is 2.81. The molecule has 7 heteroatoms. The largest absolute Gasteiger partial charge is 0.477 e. The smallest absolute Gasteiger partial charge is 0.353 e. The van der Waals surface area contributed by atoms with Gasteiger partial charge in [-0.15, -0.1) is 0 Å². The molecular weight excluding hydrogens is 258 g/mol. The van der Waals surface area contributed by atoms with Crippen molar-refractivity contribution in [1.29, 1.82) is 0 Å². The maximum atomic E-state index is 10.8. The maximum absolute atomic E-state index is 10.8.